The van der Waals surface area contributed by atoms with Gasteiger partial charge in [-0.1, -0.05) is 95.2 Å². The fraction of sp³-hybridized carbons (Fsp3) is 0.606. The number of phenols is 2. The Kier molecular flexibility index (Phi) is 9.11. The van der Waals surface area contributed by atoms with Gasteiger partial charge in [0.2, 0.25) is 0 Å². The lowest BCUT2D eigenvalue weighted by atomic mass is 9.73. The maximum atomic E-state index is 13.0. The molecule has 0 amide bonds. The minimum absolute atomic E-state index is 0.122. The molecule has 2 N–H and O–H groups in total. The van der Waals surface area contributed by atoms with Gasteiger partial charge in [0.15, 0.2) is 0 Å². The van der Waals surface area contributed by atoms with Crippen LogP contribution in [0.3, 0.4) is 0 Å². The van der Waals surface area contributed by atoms with Gasteiger partial charge in [-0.3, -0.25) is 4.79 Å². The van der Waals surface area contributed by atoms with Gasteiger partial charge in [-0.25, -0.2) is 0 Å². The highest BCUT2D eigenvalue weighted by atomic mass is 32.1. The summed E-state index contributed by atoms with van der Waals surface area (Å²) in [5, 5.41) is 22.8. The molecule has 0 fully saturated rings. The molecule has 1 atom stereocenters. The number of hydrogen-bond donors (Lipinski definition) is 3. The van der Waals surface area contributed by atoms with Crippen molar-refractivity contribution in [3.05, 3.63) is 51.6 Å². The van der Waals surface area contributed by atoms with Gasteiger partial charge in [-0.05, 0) is 62.5 Å². The molecule has 0 radical (unpaired) electrons. The van der Waals surface area contributed by atoms with Crippen molar-refractivity contribution in [3.63, 3.8) is 0 Å². The third-order valence-electron chi connectivity index (χ3n) is 7.06. The first-order valence-electron chi connectivity index (χ1n) is 13.6. The van der Waals surface area contributed by atoms with Crippen molar-refractivity contribution in [3.8, 4) is 11.5 Å². The van der Waals surface area contributed by atoms with Crippen molar-refractivity contribution in [1.82, 2.24) is 0 Å². The highest BCUT2D eigenvalue weighted by Crippen LogP contribution is 2.49. The highest BCUT2D eigenvalue weighted by Gasteiger charge is 2.34. The summed E-state index contributed by atoms with van der Waals surface area (Å²) in [6.07, 6.45) is 0.122. The molecule has 0 aliphatic heterocycles. The first-order valence-corrected chi connectivity index (χ1v) is 14.1. The van der Waals surface area contributed by atoms with Crippen molar-refractivity contribution >= 4 is 18.6 Å². The summed E-state index contributed by atoms with van der Waals surface area (Å²) in [6, 6.07) is 6.07. The van der Waals surface area contributed by atoms with Crippen molar-refractivity contribution < 1.29 is 19.7 Å². The van der Waals surface area contributed by atoms with Crippen LogP contribution in [0.15, 0.2) is 23.1 Å². The molecule has 2 aromatic carbocycles. The van der Waals surface area contributed by atoms with E-state index in [1.54, 1.807) is 0 Å². The lowest BCUT2D eigenvalue weighted by Gasteiger charge is -2.33. The van der Waals surface area contributed by atoms with Crippen LogP contribution >= 0.6 is 12.6 Å². The number of esters is 1. The van der Waals surface area contributed by atoms with Gasteiger partial charge in [0.05, 0.1) is 13.0 Å². The second-order valence-electron chi connectivity index (χ2n) is 14.6. The fourth-order valence-corrected chi connectivity index (χ4v) is 5.69. The smallest absolute Gasteiger partial charge is 0.306 e. The minimum atomic E-state index is -0.382. The van der Waals surface area contributed by atoms with Crippen molar-refractivity contribution in [2.45, 2.75) is 129 Å². The van der Waals surface area contributed by atoms with Crippen LogP contribution in [-0.2, 0) is 31.2 Å². The van der Waals surface area contributed by atoms with E-state index in [2.05, 4.69) is 83.1 Å². The van der Waals surface area contributed by atoms with E-state index in [0.717, 1.165) is 33.4 Å². The Morgan fingerprint density at radius 2 is 1.18 bits per heavy atom. The van der Waals surface area contributed by atoms with Crippen LogP contribution < -0.4 is 0 Å². The predicted molar refractivity (Wildman–Crippen MR) is 161 cm³/mol. The number of ether oxygens (including phenoxy) is 1. The maximum Gasteiger partial charge on any atom is 0.306 e. The molecule has 0 saturated heterocycles. The van der Waals surface area contributed by atoms with Crippen LogP contribution in [-0.4, -0.2) is 22.8 Å². The molecule has 0 aliphatic carbocycles. The predicted octanol–water partition coefficient (Wildman–Crippen LogP) is 8.66. The number of benzene rings is 2. The molecule has 0 saturated carbocycles. The Morgan fingerprint density at radius 1 is 0.763 bits per heavy atom. The van der Waals surface area contributed by atoms with Crippen molar-refractivity contribution in [2.24, 2.45) is 0 Å². The Morgan fingerprint density at radius 3 is 1.55 bits per heavy atom. The average Bonchev–Trinajstić information content (AvgIpc) is 2.69. The summed E-state index contributed by atoms with van der Waals surface area (Å²) >= 11 is 5.01. The van der Waals surface area contributed by atoms with Gasteiger partial charge in [0.25, 0.3) is 0 Å². The molecule has 38 heavy (non-hydrogen) atoms. The van der Waals surface area contributed by atoms with E-state index < -0.39 is 0 Å². The molecule has 0 aromatic heterocycles. The summed E-state index contributed by atoms with van der Waals surface area (Å²) in [4.78, 5) is 13.7. The van der Waals surface area contributed by atoms with Crippen LogP contribution in [0.25, 0.3) is 0 Å². The molecule has 212 valence electrons. The third kappa shape index (κ3) is 6.89. The van der Waals surface area contributed by atoms with Crippen LogP contribution in [0.5, 0.6) is 11.5 Å². The number of rotatable bonds is 5. The van der Waals surface area contributed by atoms with Crippen LogP contribution in [0.2, 0.25) is 0 Å². The maximum absolute atomic E-state index is 13.0. The van der Waals surface area contributed by atoms with Crippen LogP contribution in [0.1, 0.15) is 136 Å². The Bertz CT molecular complexity index is 1150. The molecule has 2 rings (SSSR count). The molecule has 4 nitrogen and oxygen atoms in total. The monoisotopic (exact) mass is 542 g/mol. The number of carbonyl (C=O) groups excluding carboxylic acids is 1. The molecule has 2 aromatic rings. The number of carbonyl (C=O) groups is 1. The van der Waals surface area contributed by atoms with Gasteiger partial charge in [0.1, 0.15) is 11.5 Å². The minimum Gasteiger partial charge on any atom is -0.507 e. The van der Waals surface area contributed by atoms with E-state index in [4.69, 9.17) is 17.4 Å². The van der Waals surface area contributed by atoms with Gasteiger partial charge < -0.3 is 14.9 Å². The standard InChI is InChI=1S/C33H50O4S/c1-14-37-25(34)18-20(19-15-22(30(2,3)4)27(35)23(16-19)31(5,6)7)21-17-24(32(8,9)10)28(36)26(29(21)38)33(11,12)13/h15-17,20,35-36,38H,14,18H2,1-13H3. The lowest BCUT2D eigenvalue weighted by Crippen LogP contribution is -2.22. The zero-order valence-corrected chi connectivity index (χ0v) is 26.8. The molecular weight excluding hydrogens is 492 g/mol. The molecule has 0 bridgehead atoms. The average molecular weight is 543 g/mol. The number of phenolic OH excluding ortho intramolecular Hbond substituents is 2. The van der Waals surface area contributed by atoms with Gasteiger partial charge in [-0.15, -0.1) is 12.6 Å². The van der Waals surface area contributed by atoms with Crippen LogP contribution in [0.4, 0.5) is 0 Å². The fourth-order valence-electron chi connectivity index (χ4n) is 5.03. The molecule has 1 unspecified atom stereocenters. The number of thiol groups is 1. The van der Waals surface area contributed by atoms with E-state index in [0.29, 0.717) is 17.3 Å². The largest absolute Gasteiger partial charge is 0.507 e. The Balaban J connectivity index is 3.09. The van der Waals surface area contributed by atoms with Crippen molar-refractivity contribution in [2.75, 3.05) is 6.61 Å². The molecule has 0 heterocycles. The first-order chi connectivity index (χ1) is 17.0. The third-order valence-corrected chi connectivity index (χ3v) is 7.54. The summed E-state index contributed by atoms with van der Waals surface area (Å²) in [7, 11) is 0. The lowest BCUT2D eigenvalue weighted by molar-refractivity contribution is -0.143. The topological polar surface area (TPSA) is 66.8 Å². The zero-order chi connectivity index (χ0) is 29.6. The van der Waals surface area contributed by atoms with Gasteiger partial charge in [-0.2, -0.15) is 0 Å². The summed E-state index contributed by atoms with van der Waals surface area (Å²) < 4.78 is 5.43. The van der Waals surface area contributed by atoms with Gasteiger partial charge >= 0.3 is 5.97 Å². The second-order valence-corrected chi connectivity index (χ2v) is 15.1. The number of hydrogen-bond acceptors (Lipinski definition) is 5. The normalized spacial score (nSPS) is 13.9. The Labute approximate surface area is 236 Å². The SMILES string of the molecule is CCOC(=O)CC(c1cc(C(C)(C)C)c(O)c(C(C)(C)C)c1)c1cc(C(C)(C)C)c(O)c(C(C)(C)C)c1S. The van der Waals surface area contributed by atoms with E-state index in [1.807, 2.05) is 25.1 Å². The van der Waals surface area contributed by atoms with Crippen LogP contribution in [0, 0.1) is 0 Å². The summed E-state index contributed by atoms with van der Waals surface area (Å²) in [5.74, 6) is -0.126. The molecule has 0 aliphatic rings. The van der Waals surface area contributed by atoms with E-state index in [1.165, 1.54) is 0 Å². The van der Waals surface area contributed by atoms with E-state index in [-0.39, 0.29) is 45.7 Å². The Hall–Kier alpha value is -2.14. The quantitative estimate of drug-likeness (QED) is 0.261. The zero-order valence-electron chi connectivity index (χ0n) is 25.9. The summed E-state index contributed by atoms with van der Waals surface area (Å²) in [5.41, 5.74) is 3.69. The first kappa shape index (κ1) is 32.1. The molecular formula is C33H50O4S. The molecule has 5 heteroatoms. The van der Waals surface area contributed by atoms with E-state index >= 15 is 0 Å². The summed E-state index contributed by atoms with van der Waals surface area (Å²) in [6.45, 7) is 27.0. The highest BCUT2D eigenvalue weighted by molar-refractivity contribution is 7.80. The van der Waals surface area contributed by atoms with Crippen molar-refractivity contribution in [1.29, 1.82) is 0 Å². The van der Waals surface area contributed by atoms with Gasteiger partial charge in [0, 0.05) is 16.4 Å². The number of aromatic hydroxyl groups is 2. The molecule has 0 spiro atoms. The second kappa shape index (κ2) is 10.8. The van der Waals surface area contributed by atoms with E-state index in [9.17, 15) is 15.0 Å².